The molecule has 1 aliphatic heterocycles. The minimum atomic E-state index is 0.207. The molecular formula is C14H22N4O. The predicted molar refractivity (Wildman–Crippen MR) is 72.8 cm³/mol. The van der Waals surface area contributed by atoms with E-state index in [0.29, 0.717) is 12.1 Å². The number of carbonyl (C=O) groups is 1. The summed E-state index contributed by atoms with van der Waals surface area (Å²) in [6.07, 6.45) is 7.48. The summed E-state index contributed by atoms with van der Waals surface area (Å²) in [5, 5.41) is 11.0. The second-order valence-corrected chi connectivity index (χ2v) is 5.76. The molecule has 104 valence electrons. The Morgan fingerprint density at radius 1 is 1.37 bits per heavy atom. The van der Waals surface area contributed by atoms with Gasteiger partial charge in [-0.3, -0.25) is 9.89 Å². The highest BCUT2D eigenvalue weighted by atomic mass is 16.2. The molecular weight excluding hydrogens is 240 g/mol. The van der Waals surface area contributed by atoms with Gasteiger partial charge in [-0.25, -0.2) is 0 Å². The zero-order chi connectivity index (χ0) is 13.2. The van der Waals surface area contributed by atoms with E-state index in [1.54, 1.807) is 6.92 Å². The number of aromatic amines is 1. The van der Waals surface area contributed by atoms with Crippen LogP contribution in [0.5, 0.6) is 0 Å². The average molecular weight is 262 g/mol. The zero-order valence-electron chi connectivity index (χ0n) is 11.5. The van der Waals surface area contributed by atoms with Gasteiger partial charge in [0.05, 0.1) is 6.20 Å². The molecule has 5 heteroatoms. The number of fused-ring (bicyclic) bond motifs is 1. The summed E-state index contributed by atoms with van der Waals surface area (Å²) in [4.78, 5) is 13.2. The Labute approximate surface area is 113 Å². The summed E-state index contributed by atoms with van der Waals surface area (Å²) < 4.78 is 0. The topological polar surface area (TPSA) is 61.0 Å². The van der Waals surface area contributed by atoms with Gasteiger partial charge in [0.1, 0.15) is 0 Å². The molecule has 2 heterocycles. The number of aryl methyl sites for hydroxylation is 1. The van der Waals surface area contributed by atoms with Gasteiger partial charge in [-0.15, -0.1) is 0 Å². The first-order chi connectivity index (χ1) is 9.22. The minimum absolute atomic E-state index is 0.207. The van der Waals surface area contributed by atoms with Crippen molar-refractivity contribution in [3.63, 3.8) is 0 Å². The highest BCUT2D eigenvalue weighted by molar-refractivity contribution is 5.73. The van der Waals surface area contributed by atoms with Crippen molar-refractivity contribution in [3.8, 4) is 0 Å². The summed E-state index contributed by atoms with van der Waals surface area (Å²) in [5.74, 6) is 0.207. The lowest BCUT2D eigenvalue weighted by Gasteiger charge is -2.35. The van der Waals surface area contributed by atoms with Gasteiger partial charge in [0, 0.05) is 44.2 Å². The SMILES string of the molecule is CC(=O)N1CCC(N[C@H]2CCc3cn[nH]c3C2)CC1. The summed E-state index contributed by atoms with van der Waals surface area (Å²) >= 11 is 0. The van der Waals surface area contributed by atoms with E-state index in [-0.39, 0.29) is 5.91 Å². The fourth-order valence-electron chi connectivity index (χ4n) is 3.24. The molecule has 1 aromatic heterocycles. The largest absolute Gasteiger partial charge is 0.343 e. The van der Waals surface area contributed by atoms with Crippen molar-refractivity contribution < 1.29 is 4.79 Å². The minimum Gasteiger partial charge on any atom is -0.343 e. The van der Waals surface area contributed by atoms with E-state index in [0.717, 1.165) is 38.8 Å². The van der Waals surface area contributed by atoms with E-state index < -0.39 is 0 Å². The number of amides is 1. The Bertz CT molecular complexity index is 448. The maximum absolute atomic E-state index is 11.3. The van der Waals surface area contributed by atoms with Crippen LogP contribution in [-0.2, 0) is 17.6 Å². The number of hydrogen-bond acceptors (Lipinski definition) is 3. The van der Waals surface area contributed by atoms with Crippen molar-refractivity contribution in [1.29, 1.82) is 0 Å². The fraction of sp³-hybridized carbons (Fsp3) is 0.714. The zero-order valence-corrected chi connectivity index (χ0v) is 11.5. The van der Waals surface area contributed by atoms with E-state index in [2.05, 4.69) is 15.5 Å². The van der Waals surface area contributed by atoms with Gasteiger partial charge in [-0.2, -0.15) is 5.10 Å². The normalized spacial score (nSPS) is 24.3. The first-order valence-corrected chi connectivity index (χ1v) is 7.25. The van der Waals surface area contributed by atoms with E-state index >= 15 is 0 Å². The lowest BCUT2D eigenvalue weighted by molar-refractivity contribution is -0.129. The molecule has 0 radical (unpaired) electrons. The monoisotopic (exact) mass is 262 g/mol. The molecule has 0 unspecified atom stereocenters. The van der Waals surface area contributed by atoms with Crippen molar-refractivity contribution >= 4 is 5.91 Å². The molecule has 1 aromatic rings. The van der Waals surface area contributed by atoms with Crippen LogP contribution in [0.3, 0.4) is 0 Å². The number of hydrogen-bond donors (Lipinski definition) is 2. The number of aromatic nitrogens is 2. The summed E-state index contributed by atoms with van der Waals surface area (Å²) in [6, 6.07) is 1.12. The summed E-state index contributed by atoms with van der Waals surface area (Å²) in [5.41, 5.74) is 2.68. The third-order valence-corrected chi connectivity index (χ3v) is 4.43. The maximum Gasteiger partial charge on any atom is 0.219 e. The van der Waals surface area contributed by atoms with Crippen molar-refractivity contribution in [2.24, 2.45) is 0 Å². The Morgan fingerprint density at radius 2 is 2.16 bits per heavy atom. The predicted octanol–water partition coefficient (Wildman–Crippen LogP) is 0.867. The quantitative estimate of drug-likeness (QED) is 0.831. The Balaban J connectivity index is 1.50. The molecule has 1 fully saturated rings. The second-order valence-electron chi connectivity index (χ2n) is 5.76. The van der Waals surface area contributed by atoms with Crippen LogP contribution >= 0.6 is 0 Å². The number of H-pyrrole nitrogens is 1. The molecule has 0 spiro atoms. The highest BCUT2D eigenvalue weighted by Gasteiger charge is 2.25. The molecule has 5 nitrogen and oxygen atoms in total. The second kappa shape index (κ2) is 5.33. The Kier molecular flexibility index (Phi) is 3.55. The first-order valence-electron chi connectivity index (χ1n) is 7.25. The molecule has 2 N–H and O–H groups in total. The molecule has 1 amide bonds. The van der Waals surface area contributed by atoms with Crippen LogP contribution in [0.25, 0.3) is 0 Å². The molecule has 3 rings (SSSR count). The molecule has 0 aromatic carbocycles. The van der Waals surface area contributed by atoms with Gasteiger partial charge in [0.15, 0.2) is 0 Å². The van der Waals surface area contributed by atoms with Gasteiger partial charge in [0.25, 0.3) is 0 Å². The number of piperidine rings is 1. The first kappa shape index (κ1) is 12.7. The van der Waals surface area contributed by atoms with Crippen molar-refractivity contribution in [2.45, 2.75) is 51.1 Å². The van der Waals surface area contributed by atoms with Gasteiger partial charge in [-0.1, -0.05) is 0 Å². The van der Waals surface area contributed by atoms with Gasteiger partial charge in [-0.05, 0) is 31.2 Å². The molecule has 2 aliphatic rings. The molecule has 0 bridgehead atoms. The van der Waals surface area contributed by atoms with Gasteiger partial charge >= 0.3 is 0 Å². The van der Waals surface area contributed by atoms with E-state index in [9.17, 15) is 4.79 Å². The fourth-order valence-corrected chi connectivity index (χ4v) is 3.24. The third kappa shape index (κ3) is 2.81. The number of likely N-dealkylation sites (tertiary alicyclic amines) is 1. The molecule has 1 aliphatic carbocycles. The lowest BCUT2D eigenvalue weighted by Crippen LogP contribution is -2.48. The van der Waals surface area contributed by atoms with Crippen molar-refractivity contribution in [2.75, 3.05) is 13.1 Å². The number of rotatable bonds is 2. The van der Waals surface area contributed by atoms with Crippen LogP contribution in [-0.4, -0.2) is 46.2 Å². The van der Waals surface area contributed by atoms with Crippen molar-refractivity contribution in [3.05, 3.63) is 17.5 Å². The van der Waals surface area contributed by atoms with Crippen LogP contribution in [0.15, 0.2) is 6.20 Å². The van der Waals surface area contributed by atoms with Crippen LogP contribution in [0.2, 0.25) is 0 Å². The van der Waals surface area contributed by atoms with Crippen LogP contribution in [0, 0.1) is 0 Å². The average Bonchev–Trinajstić information content (AvgIpc) is 2.87. The van der Waals surface area contributed by atoms with E-state index in [4.69, 9.17) is 0 Å². The van der Waals surface area contributed by atoms with Crippen LogP contribution in [0.1, 0.15) is 37.4 Å². The van der Waals surface area contributed by atoms with E-state index in [1.165, 1.54) is 17.7 Å². The summed E-state index contributed by atoms with van der Waals surface area (Å²) in [7, 11) is 0. The lowest BCUT2D eigenvalue weighted by atomic mass is 9.92. The number of nitrogens with zero attached hydrogens (tertiary/aromatic N) is 2. The number of nitrogens with one attached hydrogen (secondary N) is 2. The molecule has 1 atom stereocenters. The smallest absolute Gasteiger partial charge is 0.219 e. The Hall–Kier alpha value is -1.36. The Morgan fingerprint density at radius 3 is 2.89 bits per heavy atom. The maximum atomic E-state index is 11.3. The molecule has 1 saturated heterocycles. The van der Waals surface area contributed by atoms with Crippen LogP contribution < -0.4 is 5.32 Å². The van der Waals surface area contributed by atoms with Crippen LogP contribution in [0.4, 0.5) is 0 Å². The van der Waals surface area contributed by atoms with E-state index in [1.807, 2.05) is 11.1 Å². The standard InChI is InChI=1S/C14H22N4O/c1-10(19)18-6-4-12(5-7-18)16-13-3-2-11-9-15-17-14(11)8-13/h9,12-13,16H,2-8H2,1H3,(H,15,17)/t13-/m0/s1. The molecule has 0 saturated carbocycles. The van der Waals surface area contributed by atoms with Crippen molar-refractivity contribution in [1.82, 2.24) is 20.4 Å². The number of carbonyl (C=O) groups excluding carboxylic acids is 1. The summed E-state index contributed by atoms with van der Waals surface area (Å²) in [6.45, 7) is 3.46. The van der Waals surface area contributed by atoms with Gasteiger partial charge < -0.3 is 10.2 Å². The third-order valence-electron chi connectivity index (χ3n) is 4.43. The van der Waals surface area contributed by atoms with Gasteiger partial charge in [0.2, 0.25) is 5.91 Å². The molecule has 19 heavy (non-hydrogen) atoms. The highest BCUT2D eigenvalue weighted by Crippen LogP contribution is 2.20.